The van der Waals surface area contributed by atoms with E-state index in [4.69, 9.17) is 15.5 Å². The van der Waals surface area contributed by atoms with Crippen molar-refractivity contribution in [3.63, 3.8) is 0 Å². The van der Waals surface area contributed by atoms with Gasteiger partial charge in [0.2, 0.25) is 5.91 Å². The van der Waals surface area contributed by atoms with Crippen LogP contribution in [-0.4, -0.2) is 27.5 Å². The average Bonchev–Trinajstić information content (AvgIpc) is 1.85. The standard InChI is InChI=1S/C5H13N2O4P.ClH/c1-3(6)5(8)7-4(2)12(9,10)11;/h3-4H,6H2,1-2H3,(H,7,8)(H2,9,10,11);1H/t3-,4?;/m0./s1. The van der Waals surface area contributed by atoms with E-state index < -0.39 is 25.3 Å². The number of halogens is 1. The summed E-state index contributed by atoms with van der Waals surface area (Å²) in [6, 6.07) is -0.765. The smallest absolute Gasteiger partial charge is 0.341 e. The second-order valence-electron chi connectivity index (χ2n) is 2.56. The first-order valence-corrected chi connectivity index (χ1v) is 5.04. The first kappa shape index (κ1) is 15.3. The molecule has 8 heteroatoms. The normalized spacial score (nSPS) is 15.5. The van der Waals surface area contributed by atoms with E-state index in [-0.39, 0.29) is 12.4 Å². The Hall–Kier alpha value is -0.130. The molecule has 0 saturated carbocycles. The van der Waals surface area contributed by atoms with Crippen LogP contribution in [0.4, 0.5) is 0 Å². The van der Waals surface area contributed by atoms with Gasteiger partial charge in [-0.15, -0.1) is 12.4 Å². The van der Waals surface area contributed by atoms with Gasteiger partial charge in [0.1, 0.15) is 5.78 Å². The molecule has 0 aromatic rings. The van der Waals surface area contributed by atoms with Gasteiger partial charge in [-0.25, -0.2) is 0 Å². The van der Waals surface area contributed by atoms with Crippen LogP contribution in [0.15, 0.2) is 0 Å². The van der Waals surface area contributed by atoms with Gasteiger partial charge in [-0.1, -0.05) is 0 Å². The van der Waals surface area contributed by atoms with Gasteiger partial charge in [0.15, 0.2) is 0 Å². The molecule has 0 fully saturated rings. The Morgan fingerprint density at radius 2 is 1.85 bits per heavy atom. The number of carbonyl (C=O) groups excluding carboxylic acids is 1. The second-order valence-corrected chi connectivity index (χ2v) is 4.52. The Balaban J connectivity index is 0. The lowest BCUT2D eigenvalue weighted by Crippen LogP contribution is -2.42. The Bertz CT molecular complexity index is 217. The third-order valence-electron chi connectivity index (χ3n) is 1.27. The maximum absolute atomic E-state index is 10.8. The summed E-state index contributed by atoms with van der Waals surface area (Å²) in [5.74, 6) is -1.76. The summed E-state index contributed by atoms with van der Waals surface area (Å²) in [7, 11) is -4.24. The van der Waals surface area contributed by atoms with Crippen molar-refractivity contribution in [2.24, 2.45) is 5.73 Å². The quantitative estimate of drug-likeness (QED) is 0.485. The molecule has 0 rings (SSSR count). The molecular formula is C5H14ClN2O4P. The van der Waals surface area contributed by atoms with Crippen LogP contribution < -0.4 is 11.1 Å². The molecule has 0 aliphatic heterocycles. The third-order valence-corrected chi connectivity index (χ3v) is 2.41. The third kappa shape index (κ3) is 6.01. The average molecular weight is 233 g/mol. The number of hydrogen-bond donors (Lipinski definition) is 4. The minimum Gasteiger partial charge on any atom is -0.341 e. The van der Waals surface area contributed by atoms with Gasteiger partial charge < -0.3 is 20.8 Å². The van der Waals surface area contributed by atoms with Gasteiger partial charge in [0.05, 0.1) is 6.04 Å². The molecule has 0 aromatic carbocycles. The van der Waals surface area contributed by atoms with E-state index in [0.717, 1.165) is 0 Å². The molecule has 1 unspecified atom stereocenters. The predicted molar refractivity (Wildman–Crippen MR) is 50.5 cm³/mol. The Kier molecular flexibility index (Phi) is 6.57. The van der Waals surface area contributed by atoms with Crippen molar-refractivity contribution in [2.75, 3.05) is 0 Å². The highest BCUT2D eigenvalue weighted by atomic mass is 35.5. The zero-order valence-corrected chi connectivity index (χ0v) is 9.01. The van der Waals surface area contributed by atoms with Crippen LogP contribution in [0.2, 0.25) is 0 Å². The molecule has 0 aromatic heterocycles. The lowest BCUT2D eigenvalue weighted by molar-refractivity contribution is -0.122. The van der Waals surface area contributed by atoms with Crippen molar-refractivity contribution in [3.05, 3.63) is 0 Å². The largest absolute Gasteiger partial charge is 0.347 e. The van der Waals surface area contributed by atoms with Gasteiger partial charge in [0, 0.05) is 0 Å². The lowest BCUT2D eigenvalue weighted by atomic mass is 10.3. The van der Waals surface area contributed by atoms with E-state index >= 15 is 0 Å². The lowest BCUT2D eigenvalue weighted by Gasteiger charge is -2.16. The Morgan fingerprint density at radius 1 is 1.46 bits per heavy atom. The molecule has 0 spiro atoms. The number of hydrogen-bond acceptors (Lipinski definition) is 3. The minimum absolute atomic E-state index is 0. The Labute approximate surface area is 82.5 Å². The molecule has 0 saturated heterocycles. The molecule has 5 N–H and O–H groups in total. The second kappa shape index (κ2) is 5.57. The highest BCUT2D eigenvalue weighted by Crippen LogP contribution is 2.38. The first-order chi connectivity index (χ1) is 5.25. The predicted octanol–water partition coefficient (Wildman–Crippen LogP) is -0.605. The van der Waals surface area contributed by atoms with Crippen LogP contribution in [0, 0.1) is 0 Å². The van der Waals surface area contributed by atoms with E-state index in [1.807, 2.05) is 0 Å². The summed E-state index contributed by atoms with van der Waals surface area (Å²) in [6.45, 7) is 2.66. The summed E-state index contributed by atoms with van der Waals surface area (Å²) < 4.78 is 10.5. The molecule has 0 bridgehead atoms. The zero-order valence-electron chi connectivity index (χ0n) is 7.30. The van der Waals surface area contributed by atoms with Crippen molar-refractivity contribution < 1.29 is 19.1 Å². The van der Waals surface area contributed by atoms with E-state index in [0.29, 0.717) is 0 Å². The molecule has 1 amide bonds. The van der Waals surface area contributed by atoms with Crippen LogP contribution in [0.25, 0.3) is 0 Å². The SMILES string of the molecule is CC(NC(=O)[C@H](C)N)P(=O)(O)O.Cl. The van der Waals surface area contributed by atoms with Gasteiger partial charge in [-0.2, -0.15) is 0 Å². The van der Waals surface area contributed by atoms with Crippen molar-refractivity contribution in [1.82, 2.24) is 5.32 Å². The monoisotopic (exact) mass is 232 g/mol. The van der Waals surface area contributed by atoms with Gasteiger partial charge in [-0.3, -0.25) is 9.36 Å². The summed E-state index contributed by atoms with van der Waals surface area (Å²) in [5.41, 5.74) is 5.16. The van der Waals surface area contributed by atoms with E-state index in [1.54, 1.807) is 0 Å². The minimum atomic E-state index is -4.24. The molecule has 0 aliphatic rings. The van der Waals surface area contributed by atoms with Gasteiger partial charge in [0.25, 0.3) is 0 Å². The van der Waals surface area contributed by atoms with Crippen LogP contribution in [0.1, 0.15) is 13.8 Å². The number of carbonyl (C=O) groups is 1. The number of nitrogens with one attached hydrogen (secondary N) is 1. The van der Waals surface area contributed by atoms with Crippen molar-refractivity contribution in [3.8, 4) is 0 Å². The molecule has 6 nitrogen and oxygen atoms in total. The molecule has 80 valence electrons. The molecule has 0 radical (unpaired) electrons. The van der Waals surface area contributed by atoms with Gasteiger partial charge in [-0.05, 0) is 13.8 Å². The first-order valence-electron chi connectivity index (χ1n) is 3.36. The van der Waals surface area contributed by atoms with Crippen LogP contribution in [0.3, 0.4) is 0 Å². The van der Waals surface area contributed by atoms with E-state index in [1.165, 1.54) is 13.8 Å². The molecular weight excluding hydrogens is 218 g/mol. The number of nitrogens with two attached hydrogens (primary N) is 1. The van der Waals surface area contributed by atoms with Crippen molar-refractivity contribution in [2.45, 2.75) is 25.7 Å². The fraction of sp³-hybridized carbons (Fsp3) is 0.800. The maximum atomic E-state index is 10.8. The zero-order chi connectivity index (χ0) is 9.94. The molecule has 13 heavy (non-hydrogen) atoms. The number of rotatable bonds is 3. The topological polar surface area (TPSA) is 113 Å². The van der Waals surface area contributed by atoms with Crippen molar-refractivity contribution in [1.29, 1.82) is 0 Å². The Morgan fingerprint density at radius 3 is 2.08 bits per heavy atom. The maximum Gasteiger partial charge on any atom is 0.347 e. The van der Waals surface area contributed by atoms with Gasteiger partial charge >= 0.3 is 7.60 Å². The fourth-order valence-electron chi connectivity index (χ4n) is 0.421. The molecule has 2 atom stereocenters. The highest BCUT2D eigenvalue weighted by Gasteiger charge is 2.26. The van der Waals surface area contributed by atoms with E-state index in [9.17, 15) is 9.36 Å². The number of amides is 1. The van der Waals surface area contributed by atoms with Crippen LogP contribution >= 0.6 is 20.0 Å². The molecule has 0 heterocycles. The highest BCUT2D eigenvalue weighted by molar-refractivity contribution is 7.52. The molecule has 0 aliphatic carbocycles. The fourth-order valence-corrected chi connectivity index (χ4v) is 0.717. The van der Waals surface area contributed by atoms with Crippen molar-refractivity contribution >= 4 is 25.9 Å². The van der Waals surface area contributed by atoms with Crippen LogP contribution in [-0.2, 0) is 9.36 Å². The summed E-state index contributed by atoms with van der Waals surface area (Å²) in [5, 5.41) is 2.09. The van der Waals surface area contributed by atoms with E-state index in [2.05, 4.69) is 5.32 Å². The van der Waals surface area contributed by atoms with Crippen LogP contribution in [0.5, 0.6) is 0 Å². The summed E-state index contributed by atoms with van der Waals surface area (Å²) in [6.07, 6.45) is 0. The summed E-state index contributed by atoms with van der Waals surface area (Å²) in [4.78, 5) is 28.0. The summed E-state index contributed by atoms with van der Waals surface area (Å²) >= 11 is 0.